The molecule has 5 nitrogen and oxygen atoms in total. The fraction of sp³-hybridized carbons (Fsp3) is 0.269. The molecule has 32 heavy (non-hydrogen) atoms. The molecule has 0 bridgehead atoms. The van der Waals surface area contributed by atoms with Gasteiger partial charge in [0.05, 0.1) is 27.4 Å². The Kier molecular flexibility index (Phi) is 7.02. The zero-order valence-corrected chi connectivity index (χ0v) is 19.4. The molecule has 0 saturated carbocycles. The van der Waals surface area contributed by atoms with Gasteiger partial charge in [0.25, 0.3) is 0 Å². The molecule has 0 aromatic heterocycles. The second kappa shape index (κ2) is 10.1. The largest absolute Gasteiger partial charge is 0.497 e. The van der Waals surface area contributed by atoms with E-state index in [2.05, 4.69) is 4.90 Å². The molecule has 0 amide bonds. The Labute approximate surface area is 193 Å². The van der Waals surface area contributed by atoms with Gasteiger partial charge < -0.3 is 19.1 Å². The summed E-state index contributed by atoms with van der Waals surface area (Å²) in [6.45, 7) is 2.86. The molecule has 1 aliphatic heterocycles. The molecule has 1 fully saturated rings. The van der Waals surface area contributed by atoms with Crippen LogP contribution in [0.4, 0.5) is 5.69 Å². The number of carbonyl (C=O) groups excluding carboxylic acids is 1. The summed E-state index contributed by atoms with van der Waals surface area (Å²) in [5.41, 5.74) is 4.33. The van der Waals surface area contributed by atoms with Crippen molar-refractivity contribution in [1.29, 1.82) is 0 Å². The molecule has 0 radical (unpaired) electrons. The maximum atomic E-state index is 13.2. The minimum absolute atomic E-state index is 0.0143. The summed E-state index contributed by atoms with van der Waals surface area (Å²) in [4.78, 5) is 16.7. The van der Waals surface area contributed by atoms with Crippen LogP contribution in [0, 0.1) is 0 Å². The SMILES string of the molecule is COc1ccc(-c2ccc(C(=O)c3ccc(SC)cc3)cc2N2CCOCC2)c(OC)c1. The Morgan fingerprint density at radius 1 is 0.875 bits per heavy atom. The topological polar surface area (TPSA) is 48.0 Å². The van der Waals surface area contributed by atoms with Gasteiger partial charge in [0, 0.05) is 52.0 Å². The van der Waals surface area contributed by atoms with E-state index in [9.17, 15) is 4.79 Å². The second-order valence-electron chi connectivity index (χ2n) is 7.46. The van der Waals surface area contributed by atoms with E-state index in [1.807, 2.05) is 66.9 Å². The van der Waals surface area contributed by atoms with Crippen molar-refractivity contribution in [3.63, 3.8) is 0 Å². The summed E-state index contributed by atoms with van der Waals surface area (Å²) in [5, 5.41) is 0. The molecule has 3 aromatic carbocycles. The number of nitrogens with zero attached hydrogens (tertiary/aromatic N) is 1. The Morgan fingerprint density at radius 3 is 2.22 bits per heavy atom. The van der Waals surface area contributed by atoms with Crippen LogP contribution in [-0.4, -0.2) is 52.6 Å². The third kappa shape index (κ3) is 4.61. The number of anilines is 1. The number of benzene rings is 3. The number of morpholine rings is 1. The molecule has 0 aliphatic carbocycles. The summed E-state index contributed by atoms with van der Waals surface area (Å²) in [7, 11) is 3.29. The Morgan fingerprint density at radius 2 is 1.56 bits per heavy atom. The predicted octanol–water partition coefficient (Wildman–Crippen LogP) is 5.16. The monoisotopic (exact) mass is 449 g/mol. The third-order valence-corrected chi connectivity index (χ3v) is 6.41. The van der Waals surface area contributed by atoms with E-state index in [0.29, 0.717) is 24.3 Å². The zero-order valence-electron chi connectivity index (χ0n) is 18.6. The van der Waals surface area contributed by atoms with Crippen LogP contribution in [0.15, 0.2) is 65.6 Å². The van der Waals surface area contributed by atoms with Gasteiger partial charge in [-0.3, -0.25) is 4.79 Å². The van der Waals surface area contributed by atoms with Gasteiger partial charge in [0.1, 0.15) is 11.5 Å². The molecule has 0 atom stereocenters. The maximum absolute atomic E-state index is 13.2. The molecule has 4 rings (SSSR count). The van der Waals surface area contributed by atoms with E-state index < -0.39 is 0 Å². The van der Waals surface area contributed by atoms with Crippen LogP contribution in [0.5, 0.6) is 11.5 Å². The average molecular weight is 450 g/mol. The second-order valence-corrected chi connectivity index (χ2v) is 8.33. The Hall–Kier alpha value is -2.96. The maximum Gasteiger partial charge on any atom is 0.193 e. The molecule has 1 aliphatic rings. The van der Waals surface area contributed by atoms with Gasteiger partial charge in [-0.25, -0.2) is 0 Å². The summed E-state index contributed by atoms with van der Waals surface area (Å²) in [6, 6.07) is 19.5. The van der Waals surface area contributed by atoms with E-state index in [1.165, 1.54) is 0 Å². The average Bonchev–Trinajstić information content (AvgIpc) is 2.88. The highest BCUT2D eigenvalue weighted by atomic mass is 32.2. The number of ether oxygens (including phenoxy) is 3. The lowest BCUT2D eigenvalue weighted by molar-refractivity contribution is 0.103. The smallest absolute Gasteiger partial charge is 0.193 e. The van der Waals surface area contributed by atoms with Gasteiger partial charge in [-0.2, -0.15) is 0 Å². The van der Waals surface area contributed by atoms with Crippen LogP contribution in [0.1, 0.15) is 15.9 Å². The molecule has 1 heterocycles. The van der Waals surface area contributed by atoms with Gasteiger partial charge in [0.2, 0.25) is 0 Å². The number of hydrogen-bond acceptors (Lipinski definition) is 6. The molecule has 0 N–H and O–H groups in total. The highest BCUT2D eigenvalue weighted by Gasteiger charge is 2.21. The van der Waals surface area contributed by atoms with Gasteiger partial charge in [-0.1, -0.05) is 12.1 Å². The number of carbonyl (C=O) groups is 1. The molecular weight excluding hydrogens is 422 g/mol. The highest BCUT2D eigenvalue weighted by molar-refractivity contribution is 7.98. The fourth-order valence-corrected chi connectivity index (χ4v) is 4.30. The van der Waals surface area contributed by atoms with Crippen LogP contribution in [-0.2, 0) is 4.74 Å². The molecule has 166 valence electrons. The van der Waals surface area contributed by atoms with Gasteiger partial charge in [-0.15, -0.1) is 11.8 Å². The quantitative estimate of drug-likeness (QED) is 0.367. The van der Waals surface area contributed by atoms with Crippen LogP contribution < -0.4 is 14.4 Å². The lowest BCUT2D eigenvalue weighted by Crippen LogP contribution is -2.36. The van der Waals surface area contributed by atoms with E-state index in [4.69, 9.17) is 14.2 Å². The first kappa shape index (κ1) is 22.2. The van der Waals surface area contributed by atoms with Gasteiger partial charge in [-0.05, 0) is 48.7 Å². The number of rotatable bonds is 7. The van der Waals surface area contributed by atoms with E-state index in [0.717, 1.165) is 46.3 Å². The molecule has 0 unspecified atom stereocenters. The minimum atomic E-state index is 0.0143. The van der Waals surface area contributed by atoms with E-state index in [-0.39, 0.29) is 5.78 Å². The van der Waals surface area contributed by atoms with Crippen molar-refractivity contribution in [2.45, 2.75) is 4.90 Å². The zero-order chi connectivity index (χ0) is 22.5. The van der Waals surface area contributed by atoms with Gasteiger partial charge >= 0.3 is 0 Å². The Balaban J connectivity index is 1.78. The summed E-state index contributed by atoms with van der Waals surface area (Å²) < 4.78 is 16.6. The van der Waals surface area contributed by atoms with Crippen LogP contribution in [0.2, 0.25) is 0 Å². The minimum Gasteiger partial charge on any atom is -0.497 e. The number of hydrogen-bond donors (Lipinski definition) is 0. The number of methoxy groups -OCH3 is 2. The lowest BCUT2D eigenvalue weighted by Gasteiger charge is -2.31. The molecule has 1 saturated heterocycles. The summed E-state index contributed by atoms with van der Waals surface area (Å²) in [6.07, 6.45) is 2.03. The Bertz CT molecular complexity index is 1090. The first-order valence-electron chi connectivity index (χ1n) is 10.5. The molecule has 3 aromatic rings. The van der Waals surface area contributed by atoms with E-state index >= 15 is 0 Å². The van der Waals surface area contributed by atoms with Crippen molar-refractivity contribution >= 4 is 23.2 Å². The number of thioether (sulfide) groups is 1. The first-order valence-corrected chi connectivity index (χ1v) is 11.7. The molecule has 6 heteroatoms. The molecule has 0 spiro atoms. The highest BCUT2D eigenvalue weighted by Crippen LogP contribution is 2.39. The lowest BCUT2D eigenvalue weighted by atomic mass is 9.96. The first-order chi connectivity index (χ1) is 15.6. The van der Waals surface area contributed by atoms with Crippen molar-refractivity contribution in [2.24, 2.45) is 0 Å². The van der Waals surface area contributed by atoms with Crippen LogP contribution >= 0.6 is 11.8 Å². The predicted molar refractivity (Wildman–Crippen MR) is 130 cm³/mol. The normalized spacial score (nSPS) is 13.7. The van der Waals surface area contributed by atoms with Crippen molar-refractivity contribution in [1.82, 2.24) is 0 Å². The third-order valence-electron chi connectivity index (χ3n) is 5.66. The number of ketones is 1. The van der Waals surface area contributed by atoms with Crippen molar-refractivity contribution in [3.05, 3.63) is 71.8 Å². The standard InChI is InChI=1S/C26H27NO4S/c1-29-20-7-11-23(25(17-20)30-2)22-10-6-19(16-24(22)27-12-14-31-15-13-27)26(28)18-4-8-21(32-3)9-5-18/h4-11,16-17H,12-15H2,1-3H3. The van der Waals surface area contributed by atoms with Crippen LogP contribution in [0.25, 0.3) is 11.1 Å². The summed E-state index contributed by atoms with van der Waals surface area (Å²) >= 11 is 1.66. The van der Waals surface area contributed by atoms with Crippen LogP contribution in [0.3, 0.4) is 0 Å². The van der Waals surface area contributed by atoms with Gasteiger partial charge in [0.15, 0.2) is 5.78 Å². The summed E-state index contributed by atoms with van der Waals surface area (Å²) in [5.74, 6) is 1.48. The van der Waals surface area contributed by atoms with Crippen molar-refractivity contribution in [2.75, 3.05) is 51.7 Å². The van der Waals surface area contributed by atoms with E-state index in [1.54, 1.807) is 26.0 Å². The molecular formula is C26H27NO4S. The van der Waals surface area contributed by atoms with Crippen molar-refractivity contribution < 1.29 is 19.0 Å². The fourth-order valence-electron chi connectivity index (χ4n) is 3.90. The van der Waals surface area contributed by atoms with Crippen molar-refractivity contribution in [3.8, 4) is 22.6 Å².